The summed E-state index contributed by atoms with van der Waals surface area (Å²) in [5, 5.41) is 2.95. The van der Waals surface area contributed by atoms with Gasteiger partial charge in [0.1, 0.15) is 4.99 Å². The first kappa shape index (κ1) is 16.6. The molecule has 0 spiro atoms. The Morgan fingerprint density at radius 1 is 1.40 bits per heavy atom. The summed E-state index contributed by atoms with van der Waals surface area (Å²) in [5.41, 5.74) is 8.29. The molecule has 0 aliphatic heterocycles. The Kier molecular flexibility index (Phi) is 5.28. The fraction of sp³-hybridized carbons (Fsp3) is 0.500. The molecule has 1 atom stereocenters. The number of nitrogens with one attached hydrogen (secondary N) is 1. The zero-order chi connectivity index (χ0) is 15.5. The number of hydrogen-bond donors (Lipinski definition) is 2. The molecular weight excluding hydrogens is 268 g/mol. The Hall–Kier alpha value is -1.42. The van der Waals surface area contributed by atoms with Crippen LogP contribution in [-0.4, -0.2) is 10.9 Å². The maximum atomic E-state index is 12.1. The summed E-state index contributed by atoms with van der Waals surface area (Å²) in [5.74, 6) is 0.331. The van der Waals surface area contributed by atoms with Gasteiger partial charge in [-0.1, -0.05) is 52.0 Å². The van der Waals surface area contributed by atoms with E-state index in [0.29, 0.717) is 17.3 Å². The molecule has 0 aliphatic carbocycles. The van der Waals surface area contributed by atoms with Crippen molar-refractivity contribution in [2.45, 2.75) is 41.0 Å². The van der Waals surface area contributed by atoms with Crippen molar-refractivity contribution in [2.24, 2.45) is 17.1 Å². The van der Waals surface area contributed by atoms with Crippen LogP contribution in [0.25, 0.3) is 0 Å². The molecule has 4 heteroatoms. The summed E-state index contributed by atoms with van der Waals surface area (Å²) in [6.07, 6.45) is 0.500. The Labute approximate surface area is 126 Å². The summed E-state index contributed by atoms with van der Waals surface area (Å²) in [6.45, 7) is 10.5. The van der Waals surface area contributed by atoms with Crippen molar-refractivity contribution in [1.82, 2.24) is 0 Å². The predicted molar refractivity (Wildman–Crippen MR) is 88.9 cm³/mol. The second-order valence-electron chi connectivity index (χ2n) is 6.41. The molecule has 1 unspecified atom stereocenters. The minimum absolute atomic E-state index is 0.0237. The molecule has 20 heavy (non-hydrogen) atoms. The molecule has 0 aliphatic rings. The zero-order valence-corrected chi connectivity index (χ0v) is 13.7. The van der Waals surface area contributed by atoms with Crippen molar-refractivity contribution in [2.75, 3.05) is 5.32 Å². The highest BCUT2D eigenvalue weighted by molar-refractivity contribution is 7.80. The Morgan fingerprint density at radius 3 is 2.50 bits per heavy atom. The van der Waals surface area contributed by atoms with E-state index < -0.39 is 0 Å². The van der Waals surface area contributed by atoms with Crippen LogP contribution in [0.15, 0.2) is 18.2 Å². The first-order valence-corrected chi connectivity index (χ1v) is 7.22. The highest BCUT2D eigenvalue weighted by atomic mass is 32.1. The third-order valence-electron chi connectivity index (χ3n) is 3.77. The van der Waals surface area contributed by atoms with E-state index in [2.05, 4.69) is 33.0 Å². The molecule has 0 saturated carbocycles. The number of nitrogens with two attached hydrogens (primary N) is 1. The van der Waals surface area contributed by atoms with E-state index in [9.17, 15) is 4.79 Å². The van der Waals surface area contributed by atoms with Gasteiger partial charge in [-0.3, -0.25) is 4.79 Å². The summed E-state index contributed by atoms with van der Waals surface area (Å²) in [7, 11) is 0. The molecule has 110 valence electrons. The van der Waals surface area contributed by atoms with Gasteiger partial charge in [0, 0.05) is 17.7 Å². The SMILES string of the molecule is Cc1ccc(C(N)=S)cc1NC(=O)CC(C)C(C)(C)C. The molecular formula is C16H24N2OS. The third-order valence-corrected chi connectivity index (χ3v) is 4.00. The Bertz CT molecular complexity index is 518. The molecule has 1 aromatic carbocycles. The smallest absolute Gasteiger partial charge is 0.224 e. The average molecular weight is 292 g/mol. The van der Waals surface area contributed by atoms with Crippen molar-refractivity contribution >= 4 is 28.8 Å². The normalized spacial score (nSPS) is 12.8. The van der Waals surface area contributed by atoms with Crippen LogP contribution in [0.1, 0.15) is 45.2 Å². The van der Waals surface area contributed by atoms with Crippen LogP contribution < -0.4 is 11.1 Å². The van der Waals surface area contributed by atoms with E-state index >= 15 is 0 Å². The minimum atomic E-state index is 0.0237. The van der Waals surface area contributed by atoms with Gasteiger partial charge in [-0.15, -0.1) is 0 Å². The summed E-state index contributed by atoms with van der Waals surface area (Å²) >= 11 is 4.96. The molecule has 3 nitrogen and oxygen atoms in total. The molecule has 1 amide bonds. The molecule has 0 fully saturated rings. The molecule has 0 saturated heterocycles. The Balaban J connectivity index is 2.80. The lowest BCUT2D eigenvalue weighted by Crippen LogP contribution is -2.24. The number of carbonyl (C=O) groups excluding carboxylic acids is 1. The van der Waals surface area contributed by atoms with E-state index in [1.165, 1.54) is 0 Å². The van der Waals surface area contributed by atoms with Crippen molar-refractivity contribution in [1.29, 1.82) is 0 Å². The van der Waals surface area contributed by atoms with Crippen LogP contribution in [0.3, 0.4) is 0 Å². The predicted octanol–water partition coefficient (Wildman–Crippen LogP) is 3.64. The van der Waals surface area contributed by atoms with Crippen LogP contribution in [-0.2, 0) is 4.79 Å². The van der Waals surface area contributed by atoms with Crippen molar-refractivity contribution in [3.8, 4) is 0 Å². The number of benzene rings is 1. The summed E-state index contributed by atoms with van der Waals surface area (Å²) in [6, 6.07) is 5.61. The third kappa shape index (κ3) is 4.60. The maximum absolute atomic E-state index is 12.1. The molecule has 1 aromatic rings. The standard InChI is InChI=1S/C16H24N2OS/c1-10-6-7-12(15(17)20)9-13(10)18-14(19)8-11(2)16(3,4)5/h6-7,9,11H,8H2,1-5H3,(H2,17,20)(H,18,19). The van der Waals surface area contributed by atoms with Crippen LogP contribution in [0.2, 0.25) is 0 Å². The fourth-order valence-corrected chi connectivity index (χ4v) is 1.82. The average Bonchev–Trinajstić information content (AvgIpc) is 2.30. The van der Waals surface area contributed by atoms with E-state index in [1.807, 2.05) is 25.1 Å². The van der Waals surface area contributed by atoms with E-state index in [0.717, 1.165) is 16.8 Å². The summed E-state index contributed by atoms with van der Waals surface area (Å²) < 4.78 is 0. The number of amides is 1. The Morgan fingerprint density at radius 2 is 2.00 bits per heavy atom. The lowest BCUT2D eigenvalue weighted by atomic mass is 9.80. The maximum Gasteiger partial charge on any atom is 0.224 e. The van der Waals surface area contributed by atoms with Gasteiger partial charge in [-0.2, -0.15) is 0 Å². The number of hydrogen-bond acceptors (Lipinski definition) is 2. The number of aryl methyl sites for hydroxylation is 1. The largest absolute Gasteiger partial charge is 0.389 e. The zero-order valence-electron chi connectivity index (χ0n) is 12.9. The van der Waals surface area contributed by atoms with Crippen molar-refractivity contribution in [3.05, 3.63) is 29.3 Å². The van der Waals surface area contributed by atoms with E-state index in [1.54, 1.807) is 0 Å². The molecule has 0 bridgehead atoms. The monoisotopic (exact) mass is 292 g/mol. The minimum Gasteiger partial charge on any atom is -0.389 e. The quantitative estimate of drug-likeness (QED) is 0.833. The number of anilines is 1. The van der Waals surface area contributed by atoms with Gasteiger partial charge < -0.3 is 11.1 Å². The molecule has 1 rings (SSSR count). The van der Waals surface area contributed by atoms with Gasteiger partial charge in [0.15, 0.2) is 0 Å². The molecule has 0 heterocycles. The van der Waals surface area contributed by atoms with Crippen LogP contribution in [0, 0.1) is 18.3 Å². The van der Waals surface area contributed by atoms with Gasteiger partial charge in [-0.25, -0.2) is 0 Å². The first-order valence-electron chi connectivity index (χ1n) is 6.81. The first-order chi connectivity index (χ1) is 9.11. The van der Waals surface area contributed by atoms with E-state index in [-0.39, 0.29) is 11.3 Å². The highest BCUT2D eigenvalue weighted by Gasteiger charge is 2.22. The lowest BCUT2D eigenvalue weighted by molar-refractivity contribution is -0.117. The van der Waals surface area contributed by atoms with Crippen LogP contribution >= 0.6 is 12.2 Å². The van der Waals surface area contributed by atoms with Gasteiger partial charge in [0.25, 0.3) is 0 Å². The second-order valence-corrected chi connectivity index (χ2v) is 6.85. The topological polar surface area (TPSA) is 55.1 Å². The summed E-state index contributed by atoms with van der Waals surface area (Å²) in [4.78, 5) is 12.5. The number of thiocarbonyl (C=S) groups is 1. The number of rotatable bonds is 4. The van der Waals surface area contributed by atoms with E-state index in [4.69, 9.17) is 18.0 Å². The molecule has 0 radical (unpaired) electrons. The van der Waals surface area contributed by atoms with Crippen molar-refractivity contribution < 1.29 is 4.79 Å². The van der Waals surface area contributed by atoms with Gasteiger partial charge in [0.2, 0.25) is 5.91 Å². The highest BCUT2D eigenvalue weighted by Crippen LogP contribution is 2.28. The van der Waals surface area contributed by atoms with Crippen LogP contribution in [0.4, 0.5) is 5.69 Å². The van der Waals surface area contributed by atoms with Gasteiger partial charge in [-0.05, 0) is 29.9 Å². The number of carbonyl (C=O) groups is 1. The van der Waals surface area contributed by atoms with Gasteiger partial charge >= 0.3 is 0 Å². The second kappa shape index (κ2) is 6.35. The van der Waals surface area contributed by atoms with Gasteiger partial charge in [0.05, 0.1) is 0 Å². The molecule has 0 aromatic heterocycles. The fourth-order valence-electron chi connectivity index (χ4n) is 1.70. The van der Waals surface area contributed by atoms with Crippen LogP contribution in [0.5, 0.6) is 0 Å². The van der Waals surface area contributed by atoms with Crippen molar-refractivity contribution in [3.63, 3.8) is 0 Å². The molecule has 3 N–H and O–H groups in total. The lowest BCUT2D eigenvalue weighted by Gasteiger charge is -2.26.